The first kappa shape index (κ1) is 15.2. The van der Waals surface area contributed by atoms with Gasteiger partial charge in [0.2, 0.25) is 0 Å². The number of hydrogen-bond acceptors (Lipinski definition) is 2. The first-order valence-electron chi connectivity index (χ1n) is 6.92. The summed E-state index contributed by atoms with van der Waals surface area (Å²) in [6, 6.07) is 11.2. The third kappa shape index (κ3) is 4.43. The molecule has 0 aromatic heterocycles. The van der Waals surface area contributed by atoms with E-state index in [2.05, 4.69) is 63.3 Å². The van der Waals surface area contributed by atoms with Gasteiger partial charge in [-0.2, -0.15) is 0 Å². The Bertz CT molecular complexity index is 330. The molecule has 0 radical (unpaired) electrons. The third-order valence-corrected chi connectivity index (χ3v) is 3.61. The lowest BCUT2D eigenvalue weighted by atomic mass is 9.79. The Labute approximate surface area is 111 Å². The van der Waals surface area contributed by atoms with E-state index in [9.17, 15) is 5.11 Å². The second kappa shape index (κ2) is 6.91. The van der Waals surface area contributed by atoms with Gasteiger partial charge in [-0.15, -0.1) is 0 Å². The van der Waals surface area contributed by atoms with Gasteiger partial charge in [0, 0.05) is 12.1 Å². The summed E-state index contributed by atoms with van der Waals surface area (Å²) in [5.74, 6) is 0. The van der Waals surface area contributed by atoms with E-state index in [4.69, 9.17) is 0 Å². The van der Waals surface area contributed by atoms with Crippen molar-refractivity contribution in [2.75, 3.05) is 6.61 Å². The average Bonchev–Trinajstić information content (AvgIpc) is 2.36. The lowest BCUT2D eigenvalue weighted by Crippen LogP contribution is -2.41. The molecule has 2 N–H and O–H groups in total. The molecule has 1 unspecified atom stereocenters. The van der Waals surface area contributed by atoms with Crippen molar-refractivity contribution < 1.29 is 5.11 Å². The van der Waals surface area contributed by atoms with E-state index in [1.807, 2.05) is 0 Å². The summed E-state index contributed by atoms with van der Waals surface area (Å²) in [6.07, 6.45) is 2.03. The monoisotopic (exact) mass is 249 g/mol. The molecule has 18 heavy (non-hydrogen) atoms. The van der Waals surface area contributed by atoms with E-state index in [0.717, 1.165) is 12.8 Å². The van der Waals surface area contributed by atoms with Crippen LogP contribution in [0.2, 0.25) is 0 Å². The van der Waals surface area contributed by atoms with Crippen molar-refractivity contribution in [3.05, 3.63) is 35.9 Å². The summed E-state index contributed by atoms with van der Waals surface area (Å²) in [6.45, 7) is 9.07. The van der Waals surface area contributed by atoms with Crippen LogP contribution < -0.4 is 5.32 Å². The van der Waals surface area contributed by atoms with Gasteiger partial charge < -0.3 is 10.4 Å². The molecule has 0 aliphatic heterocycles. The van der Waals surface area contributed by atoms with Crippen LogP contribution in [0.1, 0.15) is 46.1 Å². The molecule has 0 fully saturated rings. The van der Waals surface area contributed by atoms with Crippen LogP contribution in [0, 0.1) is 0 Å². The molecule has 0 aliphatic rings. The minimum absolute atomic E-state index is 0.154. The molecule has 0 spiro atoms. The molecule has 0 amide bonds. The smallest absolute Gasteiger partial charge is 0.0584 e. The maximum absolute atomic E-state index is 9.23. The van der Waals surface area contributed by atoms with Crippen molar-refractivity contribution in [2.45, 2.75) is 58.0 Å². The molecule has 0 saturated heterocycles. The summed E-state index contributed by atoms with van der Waals surface area (Å²) >= 11 is 0. The topological polar surface area (TPSA) is 32.3 Å². The van der Waals surface area contributed by atoms with Gasteiger partial charge in [-0.3, -0.25) is 0 Å². The van der Waals surface area contributed by atoms with Gasteiger partial charge in [-0.05, 0) is 30.7 Å². The van der Waals surface area contributed by atoms with Crippen molar-refractivity contribution in [2.24, 2.45) is 0 Å². The van der Waals surface area contributed by atoms with Crippen molar-refractivity contribution in [3.8, 4) is 0 Å². The molecular weight excluding hydrogens is 222 g/mol. The first-order valence-corrected chi connectivity index (χ1v) is 6.92. The minimum Gasteiger partial charge on any atom is -0.395 e. The number of aliphatic hydroxyl groups excluding tert-OH is 1. The molecule has 1 aromatic rings. The largest absolute Gasteiger partial charge is 0.395 e. The maximum Gasteiger partial charge on any atom is 0.0584 e. The second-order valence-corrected chi connectivity index (χ2v) is 5.81. The van der Waals surface area contributed by atoms with Gasteiger partial charge in [0.1, 0.15) is 0 Å². The third-order valence-electron chi connectivity index (χ3n) is 3.61. The average molecular weight is 249 g/mol. The Balaban J connectivity index is 2.60. The van der Waals surface area contributed by atoms with Crippen LogP contribution in [0.25, 0.3) is 0 Å². The molecule has 1 rings (SSSR count). The zero-order chi connectivity index (χ0) is 13.6. The van der Waals surface area contributed by atoms with Gasteiger partial charge >= 0.3 is 0 Å². The van der Waals surface area contributed by atoms with Crippen LogP contribution in [0.5, 0.6) is 0 Å². The van der Waals surface area contributed by atoms with Crippen molar-refractivity contribution in [1.29, 1.82) is 0 Å². The molecular formula is C16H27NO. The Morgan fingerprint density at radius 3 is 2.33 bits per heavy atom. The van der Waals surface area contributed by atoms with Crippen LogP contribution in [0.15, 0.2) is 30.3 Å². The molecule has 0 saturated carbocycles. The first-order chi connectivity index (χ1) is 8.49. The van der Waals surface area contributed by atoms with Gasteiger partial charge in [0.15, 0.2) is 0 Å². The van der Waals surface area contributed by atoms with Gasteiger partial charge in [-0.25, -0.2) is 0 Å². The van der Waals surface area contributed by atoms with Gasteiger partial charge in [0.25, 0.3) is 0 Å². The van der Waals surface area contributed by atoms with Crippen LogP contribution in [0.3, 0.4) is 0 Å². The molecule has 2 atom stereocenters. The van der Waals surface area contributed by atoms with Gasteiger partial charge in [0.05, 0.1) is 6.61 Å². The predicted octanol–water partition coefficient (Wildman–Crippen LogP) is 3.10. The van der Waals surface area contributed by atoms with Crippen molar-refractivity contribution in [3.63, 3.8) is 0 Å². The molecule has 0 bridgehead atoms. The normalized spacial score (nSPS) is 15.4. The fraction of sp³-hybridized carbons (Fsp3) is 0.625. The van der Waals surface area contributed by atoms with E-state index in [-0.39, 0.29) is 18.1 Å². The minimum atomic E-state index is 0.154. The van der Waals surface area contributed by atoms with Crippen LogP contribution >= 0.6 is 0 Å². The Morgan fingerprint density at radius 1 is 1.22 bits per heavy atom. The van der Waals surface area contributed by atoms with Crippen molar-refractivity contribution in [1.82, 2.24) is 5.32 Å². The van der Waals surface area contributed by atoms with E-state index >= 15 is 0 Å². The highest BCUT2D eigenvalue weighted by Gasteiger charge is 2.23. The molecule has 0 heterocycles. The SMILES string of the molecule is CC[C@H](CO)NC(C)CC(C)(C)c1ccccc1. The van der Waals surface area contributed by atoms with E-state index < -0.39 is 0 Å². The van der Waals surface area contributed by atoms with E-state index in [1.165, 1.54) is 5.56 Å². The highest BCUT2D eigenvalue weighted by molar-refractivity contribution is 5.23. The highest BCUT2D eigenvalue weighted by atomic mass is 16.3. The van der Waals surface area contributed by atoms with Crippen LogP contribution in [-0.2, 0) is 5.41 Å². The predicted molar refractivity (Wildman–Crippen MR) is 77.8 cm³/mol. The van der Waals surface area contributed by atoms with Crippen LogP contribution in [-0.4, -0.2) is 23.8 Å². The second-order valence-electron chi connectivity index (χ2n) is 5.81. The maximum atomic E-state index is 9.23. The summed E-state index contributed by atoms with van der Waals surface area (Å²) in [4.78, 5) is 0. The zero-order valence-electron chi connectivity index (χ0n) is 12.1. The molecule has 0 aliphatic carbocycles. The highest BCUT2D eigenvalue weighted by Crippen LogP contribution is 2.28. The Hall–Kier alpha value is -0.860. The lowest BCUT2D eigenvalue weighted by Gasteiger charge is -2.31. The summed E-state index contributed by atoms with van der Waals surface area (Å²) in [5, 5.41) is 12.7. The Morgan fingerprint density at radius 2 is 1.83 bits per heavy atom. The number of hydrogen-bond donors (Lipinski definition) is 2. The van der Waals surface area contributed by atoms with E-state index in [0.29, 0.717) is 6.04 Å². The fourth-order valence-corrected chi connectivity index (χ4v) is 2.53. The summed E-state index contributed by atoms with van der Waals surface area (Å²) in [7, 11) is 0. The Kier molecular flexibility index (Phi) is 5.83. The lowest BCUT2D eigenvalue weighted by molar-refractivity contribution is 0.221. The van der Waals surface area contributed by atoms with Gasteiger partial charge in [-0.1, -0.05) is 51.1 Å². The summed E-state index contributed by atoms with van der Waals surface area (Å²) in [5.41, 5.74) is 1.53. The molecule has 102 valence electrons. The number of rotatable bonds is 7. The van der Waals surface area contributed by atoms with Crippen molar-refractivity contribution >= 4 is 0 Å². The molecule has 2 heteroatoms. The zero-order valence-corrected chi connectivity index (χ0v) is 12.1. The fourth-order valence-electron chi connectivity index (χ4n) is 2.53. The summed E-state index contributed by atoms with van der Waals surface area (Å²) < 4.78 is 0. The number of aliphatic hydroxyl groups is 1. The number of benzene rings is 1. The standard InChI is InChI=1S/C16H27NO/c1-5-15(12-18)17-13(2)11-16(3,4)14-9-7-6-8-10-14/h6-10,13,15,17-18H,5,11-12H2,1-4H3/t13?,15-/m1/s1. The number of nitrogens with one attached hydrogen (secondary N) is 1. The molecule has 2 nitrogen and oxygen atoms in total. The van der Waals surface area contributed by atoms with Crippen LogP contribution in [0.4, 0.5) is 0 Å². The quantitative estimate of drug-likeness (QED) is 0.778. The van der Waals surface area contributed by atoms with E-state index in [1.54, 1.807) is 0 Å². The molecule has 1 aromatic carbocycles.